The molecule has 0 aliphatic carbocycles. The Hall–Kier alpha value is -1.40. The Morgan fingerprint density at radius 3 is 1.13 bits per heavy atom. The van der Waals surface area contributed by atoms with E-state index in [0.717, 1.165) is 45.3 Å². The molecule has 0 saturated heterocycles. The molecule has 0 aromatic heterocycles. The van der Waals surface area contributed by atoms with Gasteiger partial charge in [-0.25, -0.2) is 0 Å². The summed E-state index contributed by atoms with van der Waals surface area (Å²) in [5.74, 6) is 0.307. The Balaban J connectivity index is 3.60. The zero-order valence-corrected chi connectivity index (χ0v) is 31.7. The molecule has 0 aromatic rings. The lowest BCUT2D eigenvalue weighted by Crippen LogP contribution is -2.41. The lowest BCUT2D eigenvalue weighted by molar-refractivity contribution is -0.121. The molecule has 0 aromatic carbocycles. The number of nitrogens with one attached hydrogen (secondary N) is 2. The van der Waals surface area contributed by atoms with E-state index < -0.39 is 0 Å². The van der Waals surface area contributed by atoms with Gasteiger partial charge in [-0.1, -0.05) is 161 Å². The van der Waals surface area contributed by atoms with Crippen molar-refractivity contribution >= 4 is 11.8 Å². The molecule has 6 heteroatoms. The van der Waals surface area contributed by atoms with Crippen LogP contribution in [0.4, 0.5) is 0 Å². The Kier molecular flexibility index (Phi) is 37.9. The molecule has 4 N–H and O–H groups in total. The van der Waals surface area contributed by atoms with Gasteiger partial charge in [-0.3, -0.25) is 14.5 Å². The first kappa shape index (κ1) is 45.6. The average Bonchev–Trinajstić information content (AvgIpc) is 3.06. The number of hydrogen-bond donors (Lipinski definition) is 3. The van der Waals surface area contributed by atoms with E-state index in [0.29, 0.717) is 32.5 Å². The summed E-state index contributed by atoms with van der Waals surface area (Å²) in [6, 6.07) is 0. The van der Waals surface area contributed by atoms with Crippen molar-refractivity contribution in [3.8, 4) is 0 Å². The molecular formula is C41H82N4O2. The number of allylic oxidation sites excluding steroid dienone is 2. The number of amides is 2. The lowest BCUT2D eigenvalue weighted by atomic mass is 10.0. The van der Waals surface area contributed by atoms with Gasteiger partial charge in [-0.2, -0.15) is 0 Å². The van der Waals surface area contributed by atoms with Crippen LogP contribution in [0.1, 0.15) is 200 Å². The van der Waals surface area contributed by atoms with Crippen molar-refractivity contribution in [1.29, 1.82) is 0 Å². The fraction of sp³-hybridized carbons (Fsp3) is 0.902. The van der Waals surface area contributed by atoms with Crippen LogP contribution in [0.15, 0.2) is 12.2 Å². The Morgan fingerprint density at radius 1 is 0.468 bits per heavy atom. The molecular weight excluding hydrogens is 580 g/mol. The predicted molar refractivity (Wildman–Crippen MR) is 206 cm³/mol. The van der Waals surface area contributed by atoms with Crippen LogP contribution in [0.3, 0.4) is 0 Å². The molecule has 47 heavy (non-hydrogen) atoms. The highest BCUT2D eigenvalue weighted by Gasteiger charge is 2.07. The zero-order chi connectivity index (χ0) is 34.3. The average molecular weight is 663 g/mol. The van der Waals surface area contributed by atoms with Gasteiger partial charge in [0.1, 0.15) is 0 Å². The van der Waals surface area contributed by atoms with E-state index >= 15 is 0 Å². The minimum absolute atomic E-state index is 0.150. The zero-order valence-electron chi connectivity index (χ0n) is 31.7. The van der Waals surface area contributed by atoms with Crippen LogP contribution >= 0.6 is 0 Å². The minimum atomic E-state index is 0.150. The highest BCUT2D eigenvalue weighted by Crippen LogP contribution is 2.14. The number of unbranched alkanes of at least 4 members (excludes halogenated alkanes) is 24. The third kappa shape index (κ3) is 37.3. The van der Waals surface area contributed by atoms with Crippen LogP contribution in [0.5, 0.6) is 0 Å². The normalized spacial score (nSPS) is 11.6. The topological polar surface area (TPSA) is 87.5 Å². The summed E-state index contributed by atoms with van der Waals surface area (Å²) >= 11 is 0. The maximum atomic E-state index is 12.3. The molecule has 0 aliphatic heterocycles. The van der Waals surface area contributed by atoms with Gasteiger partial charge in [0.05, 0.1) is 0 Å². The van der Waals surface area contributed by atoms with Gasteiger partial charge in [-0.15, -0.1) is 0 Å². The van der Waals surface area contributed by atoms with Crippen LogP contribution in [-0.4, -0.2) is 56.0 Å². The van der Waals surface area contributed by atoms with E-state index in [1.807, 2.05) is 0 Å². The number of rotatable bonds is 38. The summed E-state index contributed by atoms with van der Waals surface area (Å²) in [4.78, 5) is 26.8. The number of carbonyl (C=O) groups excluding carboxylic acids is 2. The molecule has 0 radical (unpaired) electrons. The molecule has 0 aliphatic rings. The van der Waals surface area contributed by atoms with Crippen molar-refractivity contribution in [3.63, 3.8) is 0 Å². The quantitative estimate of drug-likeness (QED) is 0.0453. The smallest absolute Gasteiger partial charge is 0.220 e. The standard InChI is InChI=1S/C41H82N4O2/c1-3-5-7-9-11-13-15-17-19-21-23-25-27-29-31-33-41(47)44-36-39-45(37-34-42)38-35-43-40(46)32-30-28-26-24-22-20-18-16-14-12-10-8-6-4-2/h17,19H,3-16,18,20-39,42H2,1-2H3,(H,43,46)(H,44,47)/b19-17-. The van der Waals surface area contributed by atoms with Gasteiger partial charge in [0, 0.05) is 52.1 Å². The first-order chi connectivity index (χ1) is 23.1. The van der Waals surface area contributed by atoms with E-state index in [4.69, 9.17) is 5.73 Å². The molecule has 0 saturated carbocycles. The van der Waals surface area contributed by atoms with E-state index in [1.54, 1.807) is 0 Å². The maximum Gasteiger partial charge on any atom is 0.220 e. The van der Waals surface area contributed by atoms with Gasteiger partial charge in [0.2, 0.25) is 11.8 Å². The second kappa shape index (κ2) is 39.0. The minimum Gasteiger partial charge on any atom is -0.355 e. The van der Waals surface area contributed by atoms with Crippen LogP contribution in [-0.2, 0) is 9.59 Å². The summed E-state index contributed by atoms with van der Waals surface area (Å²) in [5, 5.41) is 6.15. The fourth-order valence-electron chi connectivity index (χ4n) is 6.24. The number of hydrogen-bond acceptors (Lipinski definition) is 4. The highest BCUT2D eigenvalue weighted by molar-refractivity contribution is 5.76. The van der Waals surface area contributed by atoms with Crippen molar-refractivity contribution in [2.45, 2.75) is 200 Å². The van der Waals surface area contributed by atoms with Gasteiger partial charge in [-0.05, 0) is 38.5 Å². The molecule has 6 nitrogen and oxygen atoms in total. The predicted octanol–water partition coefficient (Wildman–Crippen LogP) is 10.4. The largest absolute Gasteiger partial charge is 0.355 e. The van der Waals surface area contributed by atoms with E-state index in [1.165, 1.54) is 148 Å². The van der Waals surface area contributed by atoms with Gasteiger partial charge < -0.3 is 16.4 Å². The van der Waals surface area contributed by atoms with Crippen molar-refractivity contribution in [1.82, 2.24) is 15.5 Å². The third-order valence-corrected chi connectivity index (χ3v) is 9.37. The molecule has 0 spiro atoms. The van der Waals surface area contributed by atoms with E-state index in [2.05, 4.69) is 41.5 Å². The van der Waals surface area contributed by atoms with Gasteiger partial charge in [0.15, 0.2) is 0 Å². The maximum absolute atomic E-state index is 12.3. The molecule has 0 heterocycles. The SMILES string of the molecule is CCCCCCCC/C=C\CCCCCCCC(=O)NCCN(CCN)CCNC(=O)CCCCCCCCCCCCCCCC. The highest BCUT2D eigenvalue weighted by atomic mass is 16.2. The second-order valence-electron chi connectivity index (χ2n) is 14.0. The summed E-state index contributed by atoms with van der Waals surface area (Å²) in [6.45, 7) is 8.72. The summed E-state index contributed by atoms with van der Waals surface area (Å²) in [5.41, 5.74) is 5.81. The third-order valence-electron chi connectivity index (χ3n) is 9.37. The van der Waals surface area contributed by atoms with Crippen molar-refractivity contribution in [2.75, 3.05) is 39.3 Å². The molecule has 0 rings (SSSR count). The molecule has 0 bridgehead atoms. The van der Waals surface area contributed by atoms with Crippen molar-refractivity contribution < 1.29 is 9.59 Å². The van der Waals surface area contributed by atoms with Crippen LogP contribution in [0.2, 0.25) is 0 Å². The molecule has 2 amide bonds. The Morgan fingerprint density at radius 2 is 0.787 bits per heavy atom. The Labute approximate surface area is 293 Å². The van der Waals surface area contributed by atoms with Crippen molar-refractivity contribution in [3.05, 3.63) is 12.2 Å². The number of nitrogens with two attached hydrogens (primary N) is 1. The first-order valence-corrected chi connectivity index (χ1v) is 20.7. The van der Waals surface area contributed by atoms with E-state index in [-0.39, 0.29) is 11.8 Å². The van der Waals surface area contributed by atoms with E-state index in [9.17, 15) is 9.59 Å². The fourth-order valence-corrected chi connectivity index (χ4v) is 6.24. The summed E-state index contributed by atoms with van der Waals surface area (Å²) in [7, 11) is 0. The van der Waals surface area contributed by atoms with Crippen LogP contribution in [0.25, 0.3) is 0 Å². The van der Waals surface area contributed by atoms with Crippen LogP contribution < -0.4 is 16.4 Å². The molecule has 0 unspecified atom stereocenters. The Bertz CT molecular complexity index is 684. The monoisotopic (exact) mass is 663 g/mol. The lowest BCUT2D eigenvalue weighted by Gasteiger charge is -2.22. The molecule has 0 fully saturated rings. The summed E-state index contributed by atoms with van der Waals surface area (Å²) < 4.78 is 0. The van der Waals surface area contributed by atoms with Crippen molar-refractivity contribution in [2.24, 2.45) is 5.73 Å². The summed E-state index contributed by atoms with van der Waals surface area (Å²) in [6.07, 6.45) is 41.1. The molecule has 0 atom stereocenters. The van der Waals surface area contributed by atoms with Gasteiger partial charge >= 0.3 is 0 Å². The number of nitrogens with zero attached hydrogens (tertiary/aromatic N) is 1. The first-order valence-electron chi connectivity index (χ1n) is 20.7. The van der Waals surface area contributed by atoms with Gasteiger partial charge in [0.25, 0.3) is 0 Å². The molecule has 278 valence electrons. The van der Waals surface area contributed by atoms with Crippen LogP contribution in [0, 0.1) is 0 Å². The second-order valence-corrected chi connectivity index (χ2v) is 14.0. The number of carbonyl (C=O) groups is 2.